The summed E-state index contributed by atoms with van der Waals surface area (Å²) in [5, 5.41) is 19.7. The van der Waals surface area contributed by atoms with E-state index in [4.69, 9.17) is 0 Å². The third kappa shape index (κ3) is 1.80. The normalized spacial score (nSPS) is 10.9. The van der Waals surface area contributed by atoms with Crippen LogP contribution in [0.1, 0.15) is 5.56 Å². The Balaban J connectivity index is 2.19. The monoisotopic (exact) mass is 257 g/mol. The summed E-state index contributed by atoms with van der Waals surface area (Å²) in [6.07, 6.45) is 0. The van der Waals surface area contributed by atoms with Crippen LogP contribution in [-0.4, -0.2) is 15.2 Å². The van der Waals surface area contributed by atoms with Crippen LogP contribution in [0.3, 0.4) is 0 Å². The molecule has 0 aliphatic carbocycles. The number of aromatic hydroxyl groups is 2. The van der Waals surface area contributed by atoms with Gasteiger partial charge in [0, 0.05) is 5.56 Å². The van der Waals surface area contributed by atoms with Crippen molar-refractivity contribution in [3.05, 3.63) is 42.0 Å². The van der Waals surface area contributed by atoms with Crippen molar-refractivity contribution in [2.24, 2.45) is 0 Å². The molecule has 0 spiro atoms. The van der Waals surface area contributed by atoms with Crippen molar-refractivity contribution in [3.63, 3.8) is 0 Å². The first-order valence-electron chi connectivity index (χ1n) is 5.53. The summed E-state index contributed by atoms with van der Waals surface area (Å²) in [4.78, 5) is 4.58. The van der Waals surface area contributed by atoms with E-state index in [9.17, 15) is 10.2 Å². The van der Waals surface area contributed by atoms with Crippen LogP contribution >= 0.6 is 11.3 Å². The van der Waals surface area contributed by atoms with E-state index in [0.29, 0.717) is 0 Å². The van der Waals surface area contributed by atoms with Crippen molar-refractivity contribution in [2.45, 2.75) is 6.92 Å². The van der Waals surface area contributed by atoms with E-state index >= 15 is 0 Å². The standard InChI is InChI=1S/C14H11NO2S/c1-8-6-11(17)7-12-13(8)15-14(18-12)9-2-4-10(16)5-3-9/h2-7,16-17H,1H3. The zero-order chi connectivity index (χ0) is 12.7. The van der Waals surface area contributed by atoms with Gasteiger partial charge in [0.1, 0.15) is 16.5 Å². The van der Waals surface area contributed by atoms with E-state index in [0.717, 1.165) is 26.4 Å². The highest BCUT2D eigenvalue weighted by atomic mass is 32.1. The topological polar surface area (TPSA) is 53.4 Å². The van der Waals surface area contributed by atoms with Gasteiger partial charge in [0.25, 0.3) is 0 Å². The highest BCUT2D eigenvalue weighted by Gasteiger charge is 2.09. The molecule has 0 saturated heterocycles. The van der Waals surface area contributed by atoms with Crippen molar-refractivity contribution in [3.8, 4) is 22.1 Å². The lowest BCUT2D eigenvalue weighted by Gasteiger charge is -1.96. The molecule has 3 aromatic rings. The van der Waals surface area contributed by atoms with E-state index in [1.807, 2.05) is 19.1 Å². The average Bonchev–Trinajstić information content (AvgIpc) is 2.74. The Bertz CT molecular complexity index is 716. The van der Waals surface area contributed by atoms with Crippen LogP contribution in [0.2, 0.25) is 0 Å². The van der Waals surface area contributed by atoms with Gasteiger partial charge >= 0.3 is 0 Å². The molecule has 18 heavy (non-hydrogen) atoms. The molecule has 2 aromatic carbocycles. The van der Waals surface area contributed by atoms with Crippen LogP contribution in [0, 0.1) is 6.92 Å². The first-order chi connectivity index (χ1) is 8.63. The van der Waals surface area contributed by atoms with Gasteiger partial charge in [0.2, 0.25) is 0 Å². The molecule has 0 bridgehead atoms. The molecular formula is C14H11NO2S. The molecule has 1 aromatic heterocycles. The first kappa shape index (κ1) is 11.0. The van der Waals surface area contributed by atoms with E-state index in [-0.39, 0.29) is 11.5 Å². The number of fused-ring (bicyclic) bond motifs is 1. The van der Waals surface area contributed by atoms with Gasteiger partial charge in [-0.3, -0.25) is 0 Å². The number of hydrogen-bond acceptors (Lipinski definition) is 4. The highest BCUT2D eigenvalue weighted by molar-refractivity contribution is 7.21. The van der Waals surface area contributed by atoms with Crippen molar-refractivity contribution in [1.29, 1.82) is 0 Å². The van der Waals surface area contributed by atoms with Crippen molar-refractivity contribution >= 4 is 21.6 Å². The number of hydrogen-bond donors (Lipinski definition) is 2. The number of aryl methyl sites for hydroxylation is 1. The number of thiazole rings is 1. The minimum absolute atomic E-state index is 0.244. The predicted molar refractivity (Wildman–Crippen MR) is 73.1 cm³/mol. The number of nitrogens with zero attached hydrogens (tertiary/aromatic N) is 1. The van der Waals surface area contributed by atoms with E-state index in [2.05, 4.69) is 4.98 Å². The van der Waals surface area contributed by atoms with Crippen molar-refractivity contribution < 1.29 is 10.2 Å². The molecule has 2 N–H and O–H groups in total. The third-order valence-electron chi connectivity index (χ3n) is 2.78. The smallest absolute Gasteiger partial charge is 0.124 e. The lowest BCUT2D eigenvalue weighted by Crippen LogP contribution is -1.78. The maximum absolute atomic E-state index is 9.57. The molecule has 90 valence electrons. The van der Waals surface area contributed by atoms with Gasteiger partial charge < -0.3 is 10.2 Å². The zero-order valence-corrected chi connectivity index (χ0v) is 10.5. The van der Waals surface area contributed by atoms with Crippen LogP contribution in [0.5, 0.6) is 11.5 Å². The Kier molecular flexibility index (Phi) is 2.45. The Labute approximate surface area is 108 Å². The van der Waals surface area contributed by atoms with Crippen LogP contribution in [0.4, 0.5) is 0 Å². The molecule has 0 radical (unpaired) electrons. The van der Waals surface area contributed by atoms with Gasteiger partial charge in [-0.25, -0.2) is 4.98 Å². The maximum Gasteiger partial charge on any atom is 0.124 e. The molecule has 3 rings (SSSR count). The Morgan fingerprint density at radius 3 is 2.44 bits per heavy atom. The largest absolute Gasteiger partial charge is 0.508 e. The maximum atomic E-state index is 9.57. The molecule has 4 heteroatoms. The van der Waals surface area contributed by atoms with Gasteiger partial charge in [-0.2, -0.15) is 0 Å². The summed E-state index contributed by atoms with van der Waals surface area (Å²) >= 11 is 1.53. The second kappa shape index (κ2) is 3.99. The van der Waals surface area contributed by atoms with Crippen LogP contribution in [-0.2, 0) is 0 Å². The zero-order valence-electron chi connectivity index (χ0n) is 9.71. The van der Waals surface area contributed by atoms with E-state index in [1.54, 1.807) is 24.3 Å². The SMILES string of the molecule is Cc1cc(O)cc2sc(-c3ccc(O)cc3)nc12. The molecule has 0 atom stereocenters. The number of phenolic OH excluding ortho intramolecular Hbond substituents is 2. The summed E-state index contributed by atoms with van der Waals surface area (Å²) in [5.41, 5.74) is 2.85. The lowest BCUT2D eigenvalue weighted by atomic mass is 10.2. The molecule has 0 fully saturated rings. The summed E-state index contributed by atoms with van der Waals surface area (Å²) in [6.45, 7) is 1.93. The fraction of sp³-hybridized carbons (Fsp3) is 0.0714. The molecule has 3 nitrogen and oxygen atoms in total. The minimum Gasteiger partial charge on any atom is -0.508 e. The molecule has 0 aliphatic rings. The van der Waals surface area contributed by atoms with Gasteiger partial charge in [0.05, 0.1) is 10.2 Å². The molecular weight excluding hydrogens is 246 g/mol. The second-order valence-electron chi connectivity index (χ2n) is 4.18. The number of benzene rings is 2. The first-order valence-corrected chi connectivity index (χ1v) is 6.35. The molecule has 0 unspecified atom stereocenters. The van der Waals surface area contributed by atoms with E-state index < -0.39 is 0 Å². The summed E-state index contributed by atoms with van der Waals surface area (Å²) in [7, 11) is 0. The quantitative estimate of drug-likeness (QED) is 0.699. The number of aromatic nitrogens is 1. The van der Waals surface area contributed by atoms with Crippen LogP contribution in [0.15, 0.2) is 36.4 Å². The predicted octanol–water partition coefficient (Wildman–Crippen LogP) is 3.68. The molecule has 0 saturated carbocycles. The van der Waals surface area contributed by atoms with Crippen molar-refractivity contribution in [1.82, 2.24) is 4.98 Å². The van der Waals surface area contributed by atoms with Crippen LogP contribution < -0.4 is 0 Å². The second-order valence-corrected chi connectivity index (χ2v) is 5.21. The number of phenols is 2. The van der Waals surface area contributed by atoms with Gasteiger partial charge in [0.15, 0.2) is 0 Å². The van der Waals surface area contributed by atoms with Crippen LogP contribution in [0.25, 0.3) is 20.8 Å². The van der Waals surface area contributed by atoms with Crippen molar-refractivity contribution in [2.75, 3.05) is 0 Å². The average molecular weight is 257 g/mol. The van der Waals surface area contributed by atoms with Gasteiger partial charge in [-0.05, 0) is 48.9 Å². The summed E-state index contributed by atoms with van der Waals surface area (Å²) in [5.74, 6) is 0.509. The third-order valence-corrected chi connectivity index (χ3v) is 3.84. The Morgan fingerprint density at radius 2 is 1.72 bits per heavy atom. The fourth-order valence-corrected chi connectivity index (χ4v) is 2.99. The summed E-state index contributed by atoms with van der Waals surface area (Å²) < 4.78 is 0.968. The Morgan fingerprint density at radius 1 is 1.00 bits per heavy atom. The number of rotatable bonds is 1. The summed E-state index contributed by atoms with van der Waals surface area (Å²) in [6, 6.07) is 10.4. The lowest BCUT2D eigenvalue weighted by molar-refractivity contribution is 0.475. The van der Waals surface area contributed by atoms with E-state index in [1.165, 1.54) is 11.3 Å². The van der Waals surface area contributed by atoms with Gasteiger partial charge in [-0.15, -0.1) is 11.3 Å². The van der Waals surface area contributed by atoms with Gasteiger partial charge in [-0.1, -0.05) is 0 Å². The minimum atomic E-state index is 0.244. The highest BCUT2D eigenvalue weighted by Crippen LogP contribution is 2.34. The molecule has 0 aliphatic heterocycles. The molecule has 1 heterocycles. The Hall–Kier alpha value is -2.07. The molecule has 0 amide bonds. The fourth-order valence-electron chi connectivity index (χ4n) is 1.91.